The summed E-state index contributed by atoms with van der Waals surface area (Å²) in [5.74, 6) is -1.18. The Morgan fingerprint density at radius 1 is 0.969 bits per heavy atom. The Morgan fingerprint density at radius 3 is 2.44 bits per heavy atom. The van der Waals surface area contributed by atoms with Crippen LogP contribution in [0.2, 0.25) is 0 Å². The summed E-state index contributed by atoms with van der Waals surface area (Å²) in [5.41, 5.74) is 4.68. The van der Waals surface area contributed by atoms with Crippen molar-refractivity contribution in [3.63, 3.8) is 0 Å². The predicted molar refractivity (Wildman–Crippen MR) is 119 cm³/mol. The van der Waals surface area contributed by atoms with E-state index in [1.54, 1.807) is 42.5 Å². The highest BCUT2D eigenvalue weighted by atomic mass is 32.2. The van der Waals surface area contributed by atoms with Crippen molar-refractivity contribution in [1.82, 2.24) is 10.1 Å². The van der Waals surface area contributed by atoms with Crippen LogP contribution in [-0.4, -0.2) is 26.4 Å². The van der Waals surface area contributed by atoms with E-state index in [4.69, 9.17) is 4.42 Å². The van der Waals surface area contributed by atoms with Crippen LogP contribution in [-0.2, 0) is 26.2 Å². The molecule has 3 rings (SSSR count). The third-order valence-electron chi connectivity index (χ3n) is 4.50. The lowest BCUT2D eigenvalue weighted by molar-refractivity contribution is -0.136. The molecule has 0 spiro atoms. The molecule has 0 aliphatic carbocycles. The monoisotopic (exact) mass is 454 g/mol. The maximum Gasteiger partial charge on any atom is 0.329 e. The molecule has 0 unspecified atom stereocenters. The van der Waals surface area contributed by atoms with Gasteiger partial charge in [0.25, 0.3) is 0 Å². The van der Waals surface area contributed by atoms with Gasteiger partial charge in [0.1, 0.15) is 11.5 Å². The van der Waals surface area contributed by atoms with Crippen molar-refractivity contribution in [3.05, 3.63) is 83.3 Å². The van der Waals surface area contributed by atoms with Gasteiger partial charge in [0.05, 0.1) is 17.7 Å². The molecule has 0 aliphatic rings. The molecule has 0 saturated heterocycles. The normalized spacial score (nSPS) is 11.4. The SMILES string of the molecule is Cc1ccc(NC(=O)C(=O)N/N=C/c2ccc(CNS(=O)(=O)c3ccccc3)o2)cc1C. The van der Waals surface area contributed by atoms with Gasteiger partial charge in [0.15, 0.2) is 0 Å². The highest BCUT2D eigenvalue weighted by molar-refractivity contribution is 7.89. The molecule has 2 aromatic carbocycles. The van der Waals surface area contributed by atoms with Crippen LogP contribution < -0.4 is 15.5 Å². The summed E-state index contributed by atoms with van der Waals surface area (Å²) < 4.78 is 32.3. The average molecular weight is 455 g/mol. The van der Waals surface area contributed by atoms with Crippen LogP contribution in [0.4, 0.5) is 5.69 Å². The fraction of sp³-hybridized carbons (Fsp3) is 0.136. The number of carbonyl (C=O) groups is 2. The number of aryl methyl sites for hydroxylation is 2. The summed E-state index contributed by atoms with van der Waals surface area (Å²) in [6.07, 6.45) is 1.20. The molecule has 32 heavy (non-hydrogen) atoms. The minimum Gasteiger partial charge on any atom is -0.459 e. The zero-order valence-corrected chi connectivity index (χ0v) is 18.3. The standard InChI is InChI=1S/C22H22N4O5S/c1-15-8-9-17(12-16(15)2)25-21(27)22(28)26-23-13-18-10-11-19(31-18)14-24-32(29,30)20-6-4-3-5-7-20/h3-13,24H,14H2,1-2H3,(H,25,27)(H,26,28)/b23-13+. The predicted octanol–water partition coefficient (Wildman–Crippen LogP) is 2.46. The van der Waals surface area contributed by atoms with Crippen LogP contribution in [0.3, 0.4) is 0 Å². The summed E-state index contributed by atoms with van der Waals surface area (Å²) in [6.45, 7) is 3.79. The first-order valence-electron chi connectivity index (χ1n) is 9.60. The fourth-order valence-corrected chi connectivity index (χ4v) is 3.63. The summed E-state index contributed by atoms with van der Waals surface area (Å²) in [7, 11) is -3.66. The molecule has 0 aliphatic heterocycles. The second-order valence-electron chi connectivity index (χ2n) is 6.89. The molecule has 0 atom stereocenters. The molecule has 9 nitrogen and oxygen atoms in total. The van der Waals surface area contributed by atoms with Crippen molar-refractivity contribution in [1.29, 1.82) is 0 Å². The van der Waals surface area contributed by atoms with Gasteiger partial charge in [-0.1, -0.05) is 24.3 Å². The fourth-order valence-electron chi connectivity index (χ4n) is 2.62. The minimum atomic E-state index is -3.66. The highest BCUT2D eigenvalue weighted by Crippen LogP contribution is 2.14. The van der Waals surface area contributed by atoms with Gasteiger partial charge in [-0.05, 0) is 61.4 Å². The van der Waals surface area contributed by atoms with Crippen LogP contribution in [0.5, 0.6) is 0 Å². The number of rotatable bonds is 7. The summed E-state index contributed by atoms with van der Waals surface area (Å²) >= 11 is 0. The van der Waals surface area contributed by atoms with E-state index in [2.05, 4.69) is 20.6 Å². The van der Waals surface area contributed by atoms with Crippen molar-refractivity contribution in [2.75, 3.05) is 5.32 Å². The summed E-state index contributed by atoms with van der Waals surface area (Å²) in [4.78, 5) is 24.0. The van der Waals surface area contributed by atoms with Crippen molar-refractivity contribution in [3.8, 4) is 0 Å². The maximum atomic E-state index is 12.2. The van der Waals surface area contributed by atoms with Gasteiger partial charge in [-0.2, -0.15) is 5.10 Å². The van der Waals surface area contributed by atoms with Crippen molar-refractivity contribution >= 4 is 33.7 Å². The molecule has 0 fully saturated rings. The Balaban J connectivity index is 1.50. The first kappa shape index (κ1) is 22.9. The number of nitrogens with zero attached hydrogens (tertiary/aromatic N) is 1. The maximum absolute atomic E-state index is 12.2. The molecule has 166 valence electrons. The Kier molecular flexibility index (Phi) is 7.18. The lowest BCUT2D eigenvalue weighted by Gasteiger charge is -2.06. The van der Waals surface area contributed by atoms with Gasteiger partial charge >= 0.3 is 11.8 Å². The molecule has 0 saturated carbocycles. The number of hydrogen-bond acceptors (Lipinski definition) is 6. The van der Waals surface area contributed by atoms with Gasteiger partial charge in [-0.3, -0.25) is 9.59 Å². The molecule has 0 radical (unpaired) electrons. The average Bonchev–Trinajstić information content (AvgIpc) is 3.23. The molecule has 1 heterocycles. The number of hydrazone groups is 1. The molecule has 2 amide bonds. The second kappa shape index (κ2) is 10.0. The van der Waals surface area contributed by atoms with Crippen LogP contribution in [0, 0.1) is 13.8 Å². The molecule has 3 N–H and O–H groups in total. The zero-order valence-electron chi connectivity index (χ0n) is 17.5. The first-order chi connectivity index (χ1) is 15.2. The van der Waals surface area contributed by atoms with E-state index in [1.165, 1.54) is 18.3 Å². The van der Waals surface area contributed by atoms with Crippen LogP contribution in [0.15, 0.2) is 75.1 Å². The quantitative estimate of drug-likeness (QED) is 0.287. The van der Waals surface area contributed by atoms with E-state index in [1.807, 2.05) is 19.9 Å². The topological polar surface area (TPSA) is 130 Å². The molecule has 10 heteroatoms. The first-order valence-corrected chi connectivity index (χ1v) is 11.1. The summed E-state index contributed by atoms with van der Waals surface area (Å²) in [6, 6.07) is 16.4. The lowest BCUT2D eigenvalue weighted by atomic mass is 10.1. The Labute approximate surface area is 185 Å². The van der Waals surface area contributed by atoms with E-state index in [0.29, 0.717) is 11.4 Å². The lowest BCUT2D eigenvalue weighted by Crippen LogP contribution is -2.32. The number of sulfonamides is 1. The number of carbonyl (C=O) groups excluding carboxylic acids is 2. The largest absolute Gasteiger partial charge is 0.459 e. The number of anilines is 1. The smallest absolute Gasteiger partial charge is 0.329 e. The van der Waals surface area contributed by atoms with E-state index < -0.39 is 21.8 Å². The molecular formula is C22H22N4O5S. The Morgan fingerprint density at radius 2 is 1.72 bits per heavy atom. The second-order valence-corrected chi connectivity index (χ2v) is 8.66. The van der Waals surface area contributed by atoms with Crippen molar-refractivity contribution in [2.45, 2.75) is 25.3 Å². The Bertz CT molecular complexity index is 1250. The van der Waals surface area contributed by atoms with Gasteiger partial charge < -0.3 is 9.73 Å². The molecule has 1 aromatic heterocycles. The van der Waals surface area contributed by atoms with Gasteiger partial charge in [-0.25, -0.2) is 18.6 Å². The number of benzene rings is 2. The minimum absolute atomic E-state index is 0.0597. The summed E-state index contributed by atoms with van der Waals surface area (Å²) in [5, 5.41) is 6.18. The van der Waals surface area contributed by atoms with Gasteiger partial charge in [-0.15, -0.1) is 0 Å². The van der Waals surface area contributed by atoms with E-state index in [9.17, 15) is 18.0 Å². The molecular weight excluding hydrogens is 432 g/mol. The number of nitrogens with one attached hydrogen (secondary N) is 3. The number of amides is 2. The number of hydrogen-bond donors (Lipinski definition) is 3. The Hall–Kier alpha value is -3.76. The van der Waals surface area contributed by atoms with E-state index in [0.717, 1.165) is 11.1 Å². The molecule has 3 aromatic rings. The third-order valence-corrected chi connectivity index (χ3v) is 5.92. The number of furan rings is 1. The van der Waals surface area contributed by atoms with E-state index in [-0.39, 0.29) is 17.2 Å². The third kappa shape index (κ3) is 6.13. The van der Waals surface area contributed by atoms with Crippen LogP contribution >= 0.6 is 0 Å². The van der Waals surface area contributed by atoms with Gasteiger partial charge in [0.2, 0.25) is 10.0 Å². The van der Waals surface area contributed by atoms with Crippen molar-refractivity contribution < 1.29 is 22.4 Å². The van der Waals surface area contributed by atoms with Crippen LogP contribution in [0.1, 0.15) is 22.6 Å². The van der Waals surface area contributed by atoms with E-state index >= 15 is 0 Å². The van der Waals surface area contributed by atoms with Crippen molar-refractivity contribution in [2.24, 2.45) is 5.10 Å². The van der Waals surface area contributed by atoms with Crippen LogP contribution in [0.25, 0.3) is 0 Å². The highest BCUT2D eigenvalue weighted by Gasteiger charge is 2.15. The molecule has 0 bridgehead atoms. The van der Waals surface area contributed by atoms with Gasteiger partial charge in [0, 0.05) is 5.69 Å². The zero-order chi connectivity index (χ0) is 23.1.